The van der Waals surface area contributed by atoms with E-state index in [1.807, 2.05) is 68.4 Å². The lowest BCUT2D eigenvalue weighted by Crippen LogP contribution is -2.01. The number of nitrogens with zero attached hydrogens (tertiary/aromatic N) is 6. The summed E-state index contributed by atoms with van der Waals surface area (Å²) in [5.74, 6) is 0. The van der Waals surface area contributed by atoms with Crippen molar-refractivity contribution in [3.05, 3.63) is 94.6 Å². The third-order valence-electron chi connectivity index (χ3n) is 4.78. The molecule has 8 heteroatoms. The second-order valence-electron chi connectivity index (χ2n) is 7.13. The molecule has 0 aliphatic heterocycles. The van der Waals surface area contributed by atoms with Crippen LogP contribution in [0.25, 0.3) is 11.4 Å². The van der Waals surface area contributed by atoms with E-state index < -0.39 is 0 Å². The molecule has 0 aliphatic carbocycles. The molecule has 8 nitrogen and oxygen atoms in total. The van der Waals surface area contributed by atoms with E-state index in [9.17, 15) is 0 Å². The van der Waals surface area contributed by atoms with Crippen molar-refractivity contribution in [2.75, 3.05) is 0 Å². The van der Waals surface area contributed by atoms with Gasteiger partial charge in [0.05, 0.1) is 17.1 Å². The molecule has 0 aliphatic rings. The number of aromatic nitrogens is 4. The quantitative estimate of drug-likeness (QED) is 0.517. The van der Waals surface area contributed by atoms with Gasteiger partial charge in [0.2, 0.25) is 0 Å². The minimum absolute atomic E-state index is 0.431. The van der Waals surface area contributed by atoms with E-state index in [2.05, 4.69) is 16.3 Å². The maximum Gasteiger partial charge on any atom is 0.163 e. The van der Waals surface area contributed by atoms with Crippen LogP contribution in [0.1, 0.15) is 33.9 Å². The van der Waals surface area contributed by atoms with Crippen LogP contribution in [-0.2, 0) is 13.1 Å². The molecule has 0 saturated carbocycles. The first kappa shape index (κ1) is 22.4. The van der Waals surface area contributed by atoms with Gasteiger partial charge in [-0.2, -0.15) is 20.7 Å². The molecule has 0 bridgehead atoms. The molecule has 0 fully saturated rings. The summed E-state index contributed by atoms with van der Waals surface area (Å²) in [5, 5.41) is 26.2. The highest BCUT2D eigenvalue weighted by atomic mass is 15.3. The first-order chi connectivity index (χ1) is 15.5. The Morgan fingerprint density at radius 1 is 0.750 bits per heavy atom. The number of rotatable bonds is 4. The zero-order valence-electron chi connectivity index (χ0n) is 18.0. The summed E-state index contributed by atoms with van der Waals surface area (Å²) in [4.78, 5) is 0. The molecule has 0 unspecified atom stereocenters. The minimum atomic E-state index is 0.431. The van der Waals surface area contributed by atoms with E-state index in [0.717, 1.165) is 33.9 Å². The number of hydrogen-bond donors (Lipinski definition) is 2. The topological polar surface area (TPSA) is 135 Å². The summed E-state index contributed by atoms with van der Waals surface area (Å²) < 4.78 is 3.38. The van der Waals surface area contributed by atoms with Gasteiger partial charge in [-0.1, -0.05) is 24.3 Å². The zero-order valence-corrected chi connectivity index (χ0v) is 18.0. The lowest BCUT2D eigenvalue weighted by Gasteiger charge is -2.04. The smallest absolute Gasteiger partial charge is 0.163 e. The Labute approximate surface area is 186 Å². The predicted octanol–water partition coefficient (Wildman–Crippen LogP) is 3.02. The van der Waals surface area contributed by atoms with Crippen molar-refractivity contribution in [2.45, 2.75) is 26.9 Å². The van der Waals surface area contributed by atoms with Crippen molar-refractivity contribution in [1.29, 1.82) is 10.5 Å². The van der Waals surface area contributed by atoms with Crippen LogP contribution in [0.4, 0.5) is 0 Å². The molecule has 2 aromatic carbocycles. The lowest BCUT2D eigenvalue weighted by molar-refractivity contribution is 0.840. The number of hydrogen-bond acceptors (Lipinski definition) is 6. The van der Waals surface area contributed by atoms with Crippen molar-refractivity contribution >= 4 is 0 Å². The molecular weight excluding hydrogens is 400 g/mol. The molecule has 0 radical (unpaired) electrons. The average molecular weight is 425 g/mol. The standard InChI is InChI=1S/2C12H12N4/c1-9-6-11(8-14)15-16(9)12-4-2-10(7-13)3-5-12;1-9-6-12(8-14)16(15-9)11-4-2-10(7-13)3-5-11/h2*2-6H,7,13H2,1H3. The Bertz CT molecular complexity index is 1270. The van der Waals surface area contributed by atoms with Gasteiger partial charge in [0, 0.05) is 18.8 Å². The number of benzene rings is 2. The molecule has 0 atom stereocenters. The zero-order chi connectivity index (χ0) is 23.1. The van der Waals surface area contributed by atoms with E-state index in [-0.39, 0.29) is 0 Å². The summed E-state index contributed by atoms with van der Waals surface area (Å²) in [5.41, 5.74) is 17.8. The van der Waals surface area contributed by atoms with Crippen molar-refractivity contribution in [1.82, 2.24) is 19.6 Å². The molecule has 2 aromatic heterocycles. The van der Waals surface area contributed by atoms with Crippen LogP contribution in [0.15, 0.2) is 60.7 Å². The van der Waals surface area contributed by atoms with E-state index in [1.165, 1.54) is 0 Å². The molecule has 4 aromatic rings. The Balaban J connectivity index is 0.000000181. The second-order valence-corrected chi connectivity index (χ2v) is 7.13. The van der Waals surface area contributed by atoms with Crippen LogP contribution < -0.4 is 11.5 Å². The van der Waals surface area contributed by atoms with E-state index in [0.29, 0.717) is 24.5 Å². The number of nitriles is 2. The minimum Gasteiger partial charge on any atom is -0.326 e. The normalized spacial score (nSPS) is 10.1. The van der Waals surface area contributed by atoms with Crippen LogP contribution in [-0.4, -0.2) is 19.6 Å². The van der Waals surface area contributed by atoms with Crippen LogP contribution in [0.2, 0.25) is 0 Å². The van der Waals surface area contributed by atoms with Gasteiger partial charge in [-0.3, -0.25) is 0 Å². The molecule has 2 heterocycles. The molecule has 0 saturated heterocycles. The van der Waals surface area contributed by atoms with Gasteiger partial charge in [-0.25, -0.2) is 9.36 Å². The maximum atomic E-state index is 8.96. The fourth-order valence-electron chi connectivity index (χ4n) is 3.11. The lowest BCUT2D eigenvalue weighted by atomic mass is 10.2. The third kappa shape index (κ3) is 5.08. The van der Waals surface area contributed by atoms with Crippen molar-refractivity contribution in [2.24, 2.45) is 11.5 Å². The van der Waals surface area contributed by atoms with E-state index in [4.69, 9.17) is 22.0 Å². The molecule has 0 amide bonds. The fourth-order valence-corrected chi connectivity index (χ4v) is 3.11. The average Bonchev–Trinajstić information content (AvgIpc) is 3.41. The van der Waals surface area contributed by atoms with Gasteiger partial charge in [0.15, 0.2) is 5.69 Å². The summed E-state index contributed by atoms with van der Waals surface area (Å²) >= 11 is 0. The van der Waals surface area contributed by atoms with Gasteiger partial charge < -0.3 is 11.5 Å². The molecular formula is C24H24N8. The van der Waals surface area contributed by atoms with Crippen molar-refractivity contribution in [3.8, 4) is 23.5 Å². The molecule has 4 N–H and O–H groups in total. The first-order valence-electron chi connectivity index (χ1n) is 10.0. The molecule has 32 heavy (non-hydrogen) atoms. The monoisotopic (exact) mass is 424 g/mol. The van der Waals surface area contributed by atoms with Gasteiger partial charge in [-0.05, 0) is 61.4 Å². The maximum absolute atomic E-state index is 8.96. The summed E-state index contributed by atoms with van der Waals surface area (Å²) in [6, 6.07) is 23.2. The van der Waals surface area contributed by atoms with E-state index in [1.54, 1.807) is 21.5 Å². The van der Waals surface area contributed by atoms with Crippen molar-refractivity contribution < 1.29 is 0 Å². The van der Waals surface area contributed by atoms with Gasteiger partial charge >= 0.3 is 0 Å². The van der Waals surface area contributed by atoms with Crippen LogP contribution in [0.3, 0.4) is 0 Å². The highest BCUT2D eigenvalue weighted by Gasteiger charge is 2.06. The van der Waals surface area contributed by atoms with E-state index >= 15 is 0 Å². The largest absolute Gasteiger partial charge is 0.326 e. The Morgan fingerprint density at radius 2 is 1.28 bits per heavy atom. The summed E-state index contributed by atoms with van der Waals surface area (Å²) in [6.45, 7) is 4.83. The number of nitrogens with two attached hydrogens (primary N) is 2. The van der Waals surface area contributed by atoms with Crippen LogP contribution in [0, 0.1) is 36.5 Å². The molecule has 4 rings (SSSR count). The highest BCUT2D eigenvalue weighted by molar-refractivity contribution is 5.39. The Hall–Kier alpha value is -4.24. The third-order valence-corrected chi connectivity index (χ3v) is 4.78. The summed E-state index contributed by atoms with van der Waals surface area (Å²) in [7, 11) is 0. The van der Waals surface area contributed by atoms with Crippen molar-refractivity contribution in [3.63, 3.8) is 0 Å². The Morgan fingerprint density at radius 3 is 1.72 bits per heavy atom. The molecule has 160 valence electrons. The van der Waals surface area contributed by atoms with Gasteiger partial charge in [0.1, 0.15) is 17.8 Å². The first-order valence-corrected chi connectivity index (χ1v) is 10.0. The number of aryl methyl sites for hydroxylation is 2. The second kappa shape index (κ2) is 10.2. The van der Waals surface area contributed by atoms with Crippen LogP contribution in [0.5, 0.6) is 0 Å². The van der Waals surface area contributed by atoms with Crippen LogP contribution >= 0.6 is 0 Å². The Kier molecular flexibility index (Phi) is 7.14. The SMILES string of the molecule is Cc1cc(C#N)n(-c2ccc(CN)cc2)n1.Cc1cc(C#N)nn1-c1ccc(CN)cc1. The van der Waals surface area contributed by atoms with Gasteiger partial charge in [0.25, 0.3) is 0 Å². The fraction of sp³-hybridized carbons (Fsp3) is 0.167. The predicted molar refractivity (Wildman–Crippen MR) is 122 cm³/mol. The highest BCUT2D eigenvalue weighted by Crippen LogP contribution is 2.14. The summed E-state index contributed by atoms with van der Waals surface area (Å²) in [6.07, 6.45) is 0. The molecule has 0 spiro atoms. The van der Waals surface area contributed by atoms with Gasteiger partial charge in [-0.15, -0.1) is 0 Å².